The third-order valence-electron chi connectivity index (χ3n) is 1.94. The van der Waals surface area contributed by atoms with Gasteiger partial charge in [0.05, 0.1) is 13.2 Å². The van der Waals surface area contributed by atoms with Crippen molar-refractivity contribution in [1.82, 2.24) is 0 Å². The molecule has 2 nitrogen and oxygen atoms in total. The number of halogens is 1. The van der Waals surface area contributed by atoms with E-state index in [-0.39, 0.29) is 0 Å². The lowest BCUT2D eigenvalue weighted by molar-refractivity contribution is 0.307. The van der Waals surface area contributed by atoms with E-state index in [9.17, 15) is 0 Å². The van der Waals surface area contributed by atoms with Crippen LogP contribution < -0.4 is 9.47 Å². The van der Waals surface area contributed by atoms with Gasteiger partial charge in [0.2, 0.25) is 0 Å². The summed E-state index contributed by atoms with van der Waals surface area (Å²) in [5, 5.41) is 0.849. The van der Waals surface area contributed by atoms with E-state index in [4.69, 9.17) is 9.47 Å². The first-order valence-corrected chi connectivity index (χ1v) is 6.40. The molecular weight excluding hydrogens is 256 g/mol. The Labute approximate surface area is 99.7 Å². The standard InChI is InChI=1S/C12H17BrO2/c1-2-3-9-14-11-4-6-12(7-5-11)15-10-8-13/h4-7H,2-3,8-10H2,1H3. The summed E-state index contributed by atoms with van der Waals surface area (Å²) in [4.78, 5) is 0. The number of hydrogen-bond acceptors (Lipinski definition) is 2. The van der Waals surface area contributed by atoms with Crippen molar-refractivity contribution in [2.24, 2.45) is 0 Å². The smallest absolute Gasteiger partial charge is 0.119 e. The first kappa shape index (κ1) is 12.4. The van der Waals surface area contributed by atoms with Crippen molar-refractivity contribution in [3.05, 3.63) is 24.3 Å². The van der Waals surface area contributed by atoms with Gasteiger partial charge in [0, 0.05) is 5.33 Å². The second kappa shape index (κ2) is 7.57. The van der Waals surface area contributed by atoms with Gasteiger partial charge in [-0.25, -0.2) is 0 Å². The molecule has 0 unspecified atom stereocenters. The molecule has 15 heavy (non-hydrogen) atoms. The maximum Gasteiger partial charge on any atom is 0.119 e. The molecule has 0 bridgehead atoms. The Morgan fingerprint density at radius 1 is 1.00 bits per heavy atom. The van der Waals surface area contributed by atoms with Gasteiger partial charge in [0.15, 0.2) is 0 Å². The number of ether oxygens (including phenoxy) is 2. The van der Waals surface area contributed by atoms with Crippen molar-refractivity contribution in [1.29, 1.82) is 0 Å². The summed E-state index contributed by atoms with van der Waals surface area (Å²) in [6.45, 7) is 3.63. The third-order valence-corrected chi connectivity index (χ3v) is 2.26. The first-order chi connectivity index (χ1) is 7.36. The Balaban J connectivity index is 2.35. The van der Waals surface area contributed by atoms with Crippen molar-refractivity contribution in [3.63, 3.8) is 0 Å². The summed E-state index contributed by atoms with van der Waals surface area (Å²) in [6.07, 6.45) is 2.26. The molecule has 0 saturated carbocycles. The highest BCUT2D eigenvalue weighted by atomic mass is 79.9. The monoisotopic (exact) mass is 272 g/mol. The van der Waals surface area contributed by atoms with Crippen LogP contribution in [-0.2, 0) is 0 Å². The lowest BCUT2D eigenvalue weighted by Crippen LogP contribution is -1.98. The molecule has 3 heteroatoms. The molecule has 0 heterocycles. The molecule has 1 rings (SSSR count). The van der Waals surface area contributed by atoms with Crippen molar-refractivity contribution >= 4 is 15.9 Å². The molecule has 1 aromatic rings. The van der Waals surface area contributed by atoms with Crippen molar-refractivity contribution in [2.75, 3.05) is 18.5 Å². The van der Waals surface area contributed by atoms with Crippen LogP contribution in [0.2, 0.25) is 0 Å². The predicted molar refractivity (Wildman–Crippen MR) is 66.1 cm³/mol. The van der Waals surface area contributed by atoms with Crippen molar-refractivity contribution < 1.29 is 9.47 Å². The molecule has 0 aliphatic carbocycles. The SMILES string of the molecule is CCCCOc1ccc(OCCBr)cc1. The fourth-order valence-electron chi connectivity index (χ4n) is 1.12. The lowest BCUT2D eigenvalue weighted by atomic mass is 10.3. The Morgan fingerprint density at radius 2 is 1.53 bits per heavy atom. The van der Waals surface area contributed by atoms with Crippen LogP contribution in [0.5, 0.6) is 11.5 Å². The highest BCUT2D eigenvalue weighted by Gasteiger charge is 1.95. The molecule has 84 valence electrons. The molecule has 0 radical (unpaired) electrons. The third kappa shape index (κ3) is 5.07. The summed E-state index contributed by atoms with van der Waals surface area (Å²) in [5.74, 6) is 1.80. The zero-order chi connectivity index (χ0) is 10.9. The largest absolute Gasteiger partial charge is 0.494 e. The number of rotatable bonds is 7. The van der Waals surface area contributed by atoms with Crippen LogP contribution in [0.4, 0.5) is 0 Å². The Hall–Kier alpha value is -0.700. The fraction of sp³-hybridized carbons (Fsp3) is 0.500. The highest BCUT2D eigenvalue weighted by molar-refractivity contribution is 9.09. The van der Waals surface area contributed by atoms with Gasteiger partial charge in [-0.15, -0.1) is 0 Å². The summed E-state index contributed by atoms with van der Waals surface area (Å²) in [5.41, 5.74) is 0. The van der Waals surface area contributed by atoms with E-state index in [0.29, 0.717) is 6.61 Å². The van der Waals surface area contributed by atoms with Crippen molar-refractivity contribution in [3.8, 4) is 11.5 Å². The number of hydrogen-bond donors (Lipinski definition) is 0. The Bertz CT molecular complexity index is 259. The maximum absolute atomic E-state index is 5.54. The van der Waals surface area contributed by atoms with Crippen molar-refractivity contribution in [2.45, 2.75) is 19.8 Å². The van der Waals surface area contributed by atoms with Gasteiger partial charge in [-0.05, 0) is 30.7 Å². The zero-order valence-electron chi connectivity index (χ0n) is 9.04. The Kier molecular flexibility index (Phi) is 6.25. The fourth-order valence-corrected chi connectivity index (χ4v) is 1.28. The van der Waals surface area contributed by atoms with Gasteiger partial charge in [-0.1, -0.05) is 29.3 Å². The average molecular weight is 273 g/mol. The number of benzene rings is 1. The van der Waals surface area contributed by atoms with Gasteiger partial charge < -0.3 is 9.47 Å². The number of alkyl halides is 1. The van der Waals surface area contributed by atoms with E-state index in [1.165, 1.54) is 0 Å². The van der Waals surface area contributed by atoms with E-state index in [2.05, 4.69) is 22.9 Å². The topological polar surface area (TPSA) is 18.5 Å². The van der Waals surface area contributed by atoms with Crippen LogP contribution in [0.15, 0.2) is 24.3 Å². The molecule has 0 aliphatic rings. The van der Waals surface area contributed by atoms with Gasteiger partial charge in [0.1, 0.15) is 11.5 Å². The molecule has 0 fully saturated rings. The zero-order valence-corrected chi connectivity index (χ0v) is 10.6. The summed E-state index contributed by atoms with van der Waals surface area (Å²) in [6, 6.07) is 7.76. The van der Waals surface area contributed by atoms with Gasteiger partial charge in [-0.2, -0.15) is 0 Å². The molecular formula is C12H17BrO2. The van der Waals surface area contributed by atoms with Gasteiger partial charge in [-0.3, -0.25) is 0 Å². The minimum absolute atomic E-state index is 0.691. The van der Waals surface area contributed by atoms with Crippen LogP contribution in [0.25, 0.3) is 0 Å². The van der Waals surface area contributed by atoms with E-state index in [1.807, 2.05) is 24.3 Å². The van der Waals surface area contributed by atoms with Crippen LogP contribution >= 0.6 is 15.9 Å². The van der Waals surface area contributed by atoms with E-state index >= 15 is 0 Å². The van der Waals surface area contributed by atoms with E-state index in [1.54, 1.807) is 0 Å². The highest BCUT2D eigenvalue weighted by Crippen LogP contribution is 2.17. The molecule has 0 aliphatic heterocycles. The Morgan fingerprint density at radius 3 is 2.00 bits per heavy atom. The minimum Gasteiger partial charge on any atom is -0.494 e. The summed E-state index contributed by atoms with van der Waals surface area (Å²) < 4.78 is 11.0. The summed E-state index contributed by atoms with van der Waals surface area (Å²) >= 11 is 3.31. The molecule has 1 aromatic carbocycles. The van der Waals surface area contributed by atoms with Crippen LogP contribution in [-0.4, -0.2) is 18.5 Å². The second-order valence-corrected chi connectivity index (χ2v) is 4.00. The molecule has 0 N–H and O–H groups in total. The van der Waals surface area contributed by atoms with Crippen LogP contribution in [0.1, 0.15) is 19.8 Å². The average Bonchev–Trinajstić information content (AvgIpc) is 2.28. The van der Waals surface area contributed by atoms with E-state index in [0.717, 1.165) is 36.3 Å². The second-order valence-electron chi connectivity index (χ2n) is 3.21. The predicted octanol–water partition coefficient (Wildman–Crippen LogP) is 3.64. The van der Waals surface area contributed by atoms with Crippen LogP contribution in [0, 0.1) is 0 Å². The van der Waals surface area contributed by atoms with Crippen LogP contribution in [0.3, 0.4) is 0 Å². The van der Waals surface area contributed by atoms with Gasteiger partial charge in [0.25, 0.3) is 0 Å². The molecule has 0 atom stereocenters. The first-order valence-electron chi connectivity index (χ1n) is 5.28. The lowest BCUT2D eigenvalue weighted by Gasteiger charge is -2.07. The van der Waals surface area contributed by atoms with Gasteiger partial charge >= 0.3 is 0 Å². The normalized spacial score (nSPS) is 10.0. The molecule has 0 spiro atoms. The quantitative estimate of drug-likeness (QED) is 0.557. The minimum atomic E-state index is 0.691. The molecule has 0 amide bonds. The van der Waals surface area contributed by atoms with E-state index < -0.39 is 0 Å². The maximum atomic E-state index is 5.54. The number of unbranched alkanes of at least 4 members (excludes halogenated alkanes) is 1. The molecule has 0 saturated heterocycles. The molecule has 0 aromatic heterocycles. The summed E-state index contributed by atoms with van der Waals surface area (Å²) in [7, 11) is 0.